The molecule has 2 aromatic rings. The van der Waals surface area contributed by atoms with Gasteiger partial charge in [0.2, 0.25) is 0 Å². The second kappa shape index (κ2) is 8.24. The molecule has 4 nitrogen and oxygen atoms in total. The monoisotopic (exact) mass is 431 g/mol. The SMILES string of the molecule is CCOc1cc(/C=N/O)cc(I)c1OCc1ccc(Cl)cc1. The number of halogens is 2. The summed E-state index contributed by atoms with van der Waals surface area (Å²) in [4.78, 5) is 0. The molecular formula is C16H15ClINO3. The van der Waals surface area contributed by atoms with E-state index < -0.39 is 0 Å². The number of nitrogens with zero attached hydrogens (tertiary/aromatic N) is 1. The van der Waals surface area contributed by atoms with Crippen molar-refractivity contribution in [2.75, 3.05) is 6.61 Å². The number of hydrogen-bond donors (Lipinski definition) is 1. The number of hydrogen-bond acceptors (Lipinski definition) is 4. The van der Waals surface area contributed by atoms with Crippen LogP contribution < -0.4 is 9.47 Å². The zero-order chi connectivity index (χ0) is 15.9. The van der Waals surface area contributed by atoms with Crippen LogP contribution in [0.15, 0.2) is 41.6 Å². The Kier molecular flexibility index (Phi) is 6.33. The molecular weight excluding hydrogens is 417 g/mol. The van der Waals surface area contributed by atoms with Crippen molar-refractivity contribution in [1.82, 2.24) is 0 Å². The van der Waals surface area contributed by atoms with Crippen molar-refractivity contribution in [3.8, 4) is 11.5 Å². The first-order valence-corrected chi connectivity index (χ1v) is 8.10. The van der Waals surface area contributed by atoms with E-state index in [0.29, 0.717) is 29.7 Å². The molecule has 0 amide bonds. The molecule has 0 saturated carbocycles. The predicted molar refractivity (Wildman–Crippen MR) is 95.5 cm³/mol. The van der Waals surface area contributed by atoms with Crippen molar-refractivity contribution < 1.29 is 14.7 Å². The summed E-state index contributed by atoms with van der Waals surface area (Å²) in [6.45, 7) is 2.84. The van der Waals surface area contributed by atoms with Gasteiger partial charge in [0.15, 0.2) is 11.5 Å². The maximum atomic E-state index is 8.66. The van der Waals surface area contributed by atoms with Crippen LogP contribution in [-0.4, -0.2) is 18.0 Å². The van der Waals surface area contributed by atoms with E-state index in [4.69, 9.17) is 26.3 Å². The van der Waals surface area contributed by atoms with Crippen LogP contribution in [0.4, 0.5) is 0 Å². The molecule has 2 rings (SSSR count). The quantitative estimate of drug-likeness (QED) is 0.311. The molecule has 0 fully saturated rings. The third-order valence-corrected chi connectivity index (χ3v) is 3.89. The molecule has 0 atom stereocenters. The Morgan fingerprint density at radius 2 is 1.95 bits per heavy atom. The van der Waals surface area contributed by atoms with Crippen molar-refractivity contribution in [1.29, 1.82) is 0 Å². The molecule has 116 valence electrons. The number of oxime groups is 1. The fourth-order valence-corrected chi connectivity index (χ4v) is 2.78. The van der Waals surface area contributed by atoms with E-state index in [1.54, 1.807) is 6.07 Å². The zero-order valence-electron chi connectivity index (χ0n) is 11.9. The maximum absolute atomic E-state index is 8.66. The van der Waals surface area contributed by atoms with Gasteiger partial charge in [-0.1, -0.05) is 28.9 Å². The molecule has 0 aromatic heterocycles. The predicted octanol–water partition coefficient (Wildman–Crippen LogP) is 4.73. The summed E-state index contributed by atoms with van der Waals surface area (Å²) >= 11 is 8.04. The standard InChI is InChI=1S/C16H15ClINO3/c1-2-21-15-8-12(9-19-20)7-14(18)16(15)22-10-11-3-5-13(17)6-4-11/h3-9,20H,2,10H2,1H3/b19-9+. The molecule has 22 heavy (non-hydrogen) atoms. The molecule has 0 radical (unpaired) electrons. The molecule has 0 heterocycles. The molecule has 1 N–H and O–H groups in total. The Morgan fingerprint density at radius 1 is 1.23 bits per heavy atom. The van der Waals surface area contributed by atoms with Gasteiger partial charge in [-0.05, 0) is 59.3 Å². The lowest BCUT2D eigenvalue weighted by atomic mass is 10.2. The van der Waals surface area contributed by atoms with Gasteiger partial charge in [0.25, 0.3) is 0 Å². The molecule has 0 unspecified atom stereocenters. The molecule has 0 aliphatic heterocycles. The summed E-state index contributed by atoms with van der Waals surface area (Å²) in [6, 6.07) is 11.1. The largest absolute Gasteiger partial charge is 0.490 e. The smallest absolute Gasteiger partial charge is 0.175 e. The number of ether oxygens (including phenoxy) is 2. The van der Waals surface area contributed by atoms with Crippen LogP contribution in [0.25, 0.3) is 0 Å². The van der Waals surface area contributed by atoms with Crippen LogP contribution in [0, 0.1) is 3.57 Å². The van der Waals surface area contributed by atoms with E-state index >= 15 is 0 Å². The number of benzene rings is 2. The lowest BCUT2D eigenvalue weighted by Crippen LogP contribution is -2.02. The highest BCUT2D eigenvalue weighted by molar-refractivity contribution is 14.1. The Hall–Kier alpha value is -1.47. The van der Waals surface area contributed by atoms with Gasteiger partial charge in [-0.2, -0.15) is 0 Å². The Balaban J connectivity index is 2.22. The second-order valence-electron chi connectivity index (χ2n) is 4.42. The van der Waals surface area contributed by atoms with E-state index in [9.17, 15) is 0 Å². The fourth-order valence-electron chi connectivity index (χ4n) is 1.87. The van der Waals surface area contributed by atoms with Gasteiger partial charge >= 0.3 is 0 Å². The summed E-state index contributed by atoms with van der Waals surface area (Å²) in [7, 11) is 0. The molecule has 6 heteroatoms. The second-order valence-corrected chi connectivity index (χ2v) is 6.02. The van der Waals surface area contributed by atoms with E-state index in [1.807, 2.05) is 37.3 Å². The van der Waals surface area contributed by atoms with Crippen molar-refractivity contribution in [2.45, 2.75) is 13.5 Å². The molecule has 0 bridgehead atoms. The molecule has 0 spiro atoms. The lowest BCUT2D eigenvalue weighted by molar-refractivity contribution is 0.267. The Morgan fingerprint density at radius 3 is 2.59 bits per heavy atom. The highest BCUT2D eigenvalue weighted by atomic mass is 127. The summed E-state index contributed by atoms with van der Waals surface area (Å²) in [5.41, 5.74) is 1.76. The third kappa shape index (κ3) is 4.51. The van der Waals surface area contributed by atoms with E-state index in [0.717, 1.165) is 14.7 Å². The van der Waals surface area contributed by atoms with Crippen LogP contribution in [0.5, 0.6) is 11.5 Å². The average Bonchev–Trinajstić information content (AvgIpc) is 2.49. The fraction of sp³-hybridized carbons (Fsp3) is 0.188. The van der Waals surface area contributed by atoms with Crippen LogP contribution >= 0.6 is 34.2 Å². The summed E-state index contributed by atoms with van der Waals surface area (Å²) in [5.74, 6) is 1.30. The lowest BCUT2D eigenvalue weighted by Gasteiger charge is -2.14. The van der Waals surface area contributed by atoms with Crippen molar-refractivity contribution >= 4 is 40.4 Å². The highest BCUT2D eigenvalue weighted by Crippen LogP contribution is 2.34. The minimum absolute atomic E-state index is 0.417. The minimum Gasteiger partial charge on any atom is -0.490 e. The van der Waals surface area contributed by atoms with Crippen molar-refractivity contribution in [3.63, 3.8) is 0 Å². The summed E-state index contributed by atoms with van der Waals surface area (Å²) in [6.07, 6.45) is 1.35. The Bertz CT molecular complexity index is 659. The molecule has 0 aliphatic carbocycles. The third-order valence-electron chi connectivity index (χ3n) is 2.83. The summed E-state index contributed by atoms with van der Waals surface area (Å²) in [5, 5.41) is 12.4. The van der Waals surface area contributed by atoms with E-state index in [-0.39, 0.29) is 0 Å². The van der Waals surface area contributed by atoms with Gasteiger partial charge in [-0.25, -0.2) is 0 Å². The van der Waals surface area contributed by atoms with Gasteiger partial charge in [0, 0.05) is 10.6 Å². The average molecular weight is 432 g/mol. The van der Waals surface area contributed by atoms with Crippen LogP contribution in [0.1, 0.15) is 18.1 Å². The zero-order valence-corrected chi connectivity index (χ0v) is 14.8. The molecule has 0 aliphatic rings. The maximum Gasteiger partial charge on any atom is 0.175 e. The first-order chi connectivity index (χ1) is 10.6. The van der Waals surface area contributed by atoms with Crippen LogP contribution in [0.2, 0.25) is 5.02 Å². The molecule has 2 aromatic carbocycles. The van der Waals surface area contributed by atoms with Crippen molar-refractivity contribution in [3.05, 3.63) is 56.1 Å². The summed E-state index contributed by atoms with van der Waals surface area (Å²) < 4.78 is 12.4. The van der Waals surface area contributed by atoms with Gasteiger partial charge in [-0.15, -0.1) is 0 Å². The normalized spacial score (nSPS) is 10.9. The molecule has 0 saturated heterocycles. The van der Waals surface area contributed by atoms with Gasteiger partial charge in [-0.3, -0.25) is 0 Å². The topological polar surface area (TPSA) is 51.0 Å². The highest BCUT2D eigenvalue weighted by Gasteiger charge is 2.12. The first-order valence-electron chi connectivity index (χ1n) is 6.65. The van der Waals surface area contributed by atoms with Crippen LogP contribution in [-0.2, 0) is 6.61 Å². The Labute approximate surface area is 147 Å². The van der Waals surface area contributed by atoms with Gasteiger partial charge < -0.3 is 14.7 Å². The minimum atomic E-state index is 0.417. The van der Waals surface area contributed by atoms with Crippen molar-refractivity contribution in [2.24, 2.45) is 5.16 Å². The van der Waals surface area contributed by atoms with E-state index in [1.165, 1.54) is 6.21 Å². The van der Waals surface area contributed by atoms with Crippen LogP contribution in [0.3, 0.4) is 0 Å². The van der Waals surface area contributed by atoms with Gasteiger partial charge in [0.05, 0.1) is 16.4 Å². The number of rotatable bonds is 6. The van der Waals surface area contributed by atoms with Gasteiger partial charge in [0.1, 0.15) is 6.61 Å². The first kappa shape index (κ1) is 16.9. The van der Waals surface area contributed by atoms with E-state index in [2.05, 4.69) is 27.7 Å².